The monoisotopic (exact) mass is 323 g/mol. The number of benzene rings is 2. The highest BCUT2D eigenvalue weighted by molar-refractivity contribution is 6.12. The van der Waals surface area contributed by atoms with Gasteiger partial charge in [0.25, 0.3) is 0 Å². The van der Waals surface area contributed by atoms with Crippen LogP contribution in [0.5, 0.6) is 11.5 Å². The van der Waals surface area contributed by atoms with Crippen molar-refractivity contribution in [1.82, 2.24) is 0 Å². The molecule has 0 saturated heterocycles. The summed E-state index contributed by atoms with van der Waals surface area (Å²) in [4.78, 5) is 12.7. The Morgan fingerprint density at radius 2 is 1.96 bits per heavy atom. The lowest BCUT2D eigenvalue weighted by Gasteiger charge is -2.27. The van der Waals surface area contributed by atoms with Crippen molar-refractivity contribution >= 4 is 11.5 Å². The number of aromatic hydroxyl groups is 1. The van der Waals surface area contributed by atoms with Crippen LogP contribution in [0.1, 0.15) is 10.4 Å². The van der Waals surface area contributed by atoms with Gasteiger partial charge in [-0.15, -0.1) is 6.58 Å². The number of hydrogen-bond donors (Lipinski definition) is 2. The number of fused-ring (bicyclic) bond motifs is 1. The van der Waals surface area contributed by atoms with Gasteiger partial charge in [0.2, 0.25) is 6.29 Å². The van der Waals surface area contributed by atoms with Gasteiger partial charge in [0, 0.05) is 6.20 Å². The molecule has 0 saturated carbocycles. The number of phenolic OH excluding ortho intramolecular Hbond substituents is 1. The third-order valence-electron chi connectivity index (χ3n) is 3.53. The normalized spacial score (nSPS) is 17.9. The summed E-state index contributed by atoms with van der Waals surface area (Å²) in [7, 11) is 0. The van der Waals surface area contributed by atoms with Gasteiger partial charge < -0.3 is 19.9 Å². The maximum absolute atomic E-state index is 12.7. The maximum Gasteiger partial charge on any atom is 0.232 e. The minimum absolute atomic E-state index is 0.0856. The first-order valence-electron chi connectivity index (χ1n) is 7.48. The Kier molecular flexibility index (Phi) is 4.63. The van der Waals surface area contributed by atoms with Crippen molar-refractivity contribution in [1.29, 1.82) is 0 Å². The highest BCUT2D eigenvalue weighted by Gasteiger charge is 2.32. The van der Waals surface area contributed by atoms with E-state index in [-0.39, 0.29) is 18.1 Å². The molecule has 1 unspecified atom stereocenters. The molecular formula is C19H17NO4. The quantitative estimate of drug-likeness (QED) is 0.501. The number of phenols is 1. The van der Waals surface area contributed by atoms with Gasteiger partial charge in [-0.05, 0) is 24.3 Å². The number of carbonyl (C=O) groups excluding carboxylic acids is 1. The zero-order chi connectivity index (χ0) is 16.9. The number of anilines is 1. The first-order chi connectivity index (χ1) is 11.7. The molecule has 0 amide bonds. The van der Waals surface area contributed by atoms with Gasteiger partial charge in [0.15, 0.2) is 5.78 Å². The number of para-hydroxylation sites is 3. The fourth-order valence-electron chi connectivity index (χ4n) is 2.36. The van der Waals surface area contributed by atoms with Crippen LogP contribution in [-0.2, 0) is 4.74 Å². The summed E-state index contributed by atoms with van der Waals surface area (Å²) in [5.41, 5.74) is 1.28. The first kappa shape index (κ1) is 15.8. The molecule has 1 atom stereocenters. The van der Waals surface area contributed by atoms with E-state index in [0.717, 1.165) is 0 Å². The average molecular weight is 323 g/mol. The van der Waals surface area contributed by atoms with Crippen LogP contribution in [0.15, 0.2) is 73.0 Å². The molecule has 5 heteroatoms. The number of nitrogens with one attached hydrogen (secondary N) is 1. The molecule has 1 aliphatic rings. The Morgan fingerprint density at radius 1 is 1.21 bits per heavy atom. The van der Waals surface area contributed by atoms with Crippen LogP contribution in [0.2, 0.25) is 0 Å². The third-order valence-corrected chi connectivity index (χ3v) is 3.53. The molecule has 2 aromatic rings. The fourth-order valence-corrected chi connectivity index (χ4v) is 2.36. The van der Waals surface area contributed by atoms with Crippen molar-refractivity contribution in [2.45, 2.75) is 6.29 Å². The molecule has 0 fully saturated rings. The first-order valence-corrected chi connectivity index (χ1v) is 7.48. The molecule has 3 rings (SSSR count). The third kappa shape index (κ3) is 3.16. The molecule has 0 radical (unpaired) electrons. The van der Waals surface area contributed by atoms with Crippen LogP contribution in [0.3, 0.4) is 0 Å². The molecule has 0 bridgehead atoms. The van der Waals surface area contributed by atoms with Crippen LogP contribution in [0, 0.1) is 0 Å². The fraction of sp³-hybridized carbons (Fsp3) is 0.105. The van der Waals surface area contributed by atoms with Crippen molar-refractivity contribution in [3.05, 3.63) is 78.5 Å². The van der Waals surface area contributed by atoms with Crippen molar-refractivity contribution in [2.75, 3.05) is 11.9 Å². The van der Waals surface area contributed by atoms with E-state index < -0.39 is 6.29 Å². The Hall–Kier alpha value is -3.05. The molecule has 2 aromatic carbocycles. The number of carbonyl (C=O) groups is 1. The lowest BCUT2D eigenvalue weighted by atomic mass is 10.00. The average Bonchev–Trinajstić information content (AvgIpc) is 2.60. The second-order valence-electron chi connectivity index (χ2n) is 5.16. The number of ketones is 1. The number of hydrogen-bond acceptors (Lipinski definition) is 5. The minimum atomic E-state index is -0.844. The highest BCUT2D eigenvalue weighted by atomic mass is 16.7. The topological polar surface area (TPSA) is 67.8 Å². The van der Waals surface area contributed by atoms with Gasteiger partial charge in [0.05, 0.1) is 23.4 Å². The summed E-state index contributed by atoms with van der Waals surface area (Å²) in [6, 6.07) is 13.8. The lowest BCUT2D eigenvalue weighted by molar-refractivity contribution is -0.0444. The number of rotatable bonds is 5. The van der Waals surface area contributed by atoms with Crippen molar-refractivity contribution in [3.8, 4) is 11.5 Å². The van der Waals surface area contributed by atoms with Crippen LogP contribution in [0.4, 0.5) is 5.69 Å². The Balaban J connectivity index is 1.92. The van der Waals surface area contributed by atoms with Crippen LogP contribution in [0.25, 0.3) is 0 Å². The zero-order valence-electron chi connectivity index (χ0n) is 12.9. The summed E-state index contributed by atoms with van der Waals surface area (Å²) in [6.07, 6.45) is 2.24. The highest BCUT2D eigenvalue weighted by Crippen LogP contribution is 2.31. The predicted molar refractivity (Wildman–Crippen MR) is 91.2 cm³/mol. The van der Waals surface area contributed by atoms with E-state index in [4.69, 9.17) is 9.47 Å². The molecule has 24 heavy (non-hydrogen) atoms. The molecular weight excluding hydrogens is 306 g/mol. The van der Waals surface area contributed by atoms with Gasteiger partial charge in [-0.1, -0.05) is 30.3 Å². The number of Topliss-reactive ketones (excluding diaryl/α,β-unsaturated/α-hetero) is 1. The molecule has 1 heterocycles. The van der Waals surface area contributed by atoms with E-state index >= 15 is 0 Å². The Labute approximate surface area is 139 Å². The van der Waals surface area contributed by atoms with Gasteiger partial charge in [0.1, 0.15) is 11.5 Å². The second-order valence-corrected chi connectivity index (χ2v) is 5.16. The van der Waals surface area contributed by atoms with Gasteiger partial charge in [-0.2, -0.15) is 0 Å². The smallest absolute Gasteiger partial charge is 0.232 e. The van der Waals surface area contributed by atoms with Crippen molar-refractivity contribution in [2.24, 2.45) is 0 Å². The van der Waals surface area contributed by atoms with E-state index in [9.17, 15) is 9.90 Å². The van der Waals surface area contributed by atoms with Gasteiger partial charge >= 0.3 is 0 Å². The zero-order valence-corrected chi connectivity index (χ0v) is 12.9. The summed E-state index contributed by atoms with van der Waals surface area (Å²) >= 11 is 0. The summed E-state index contributed by atoms with van der Waals surface area (Å²) in [5.74, 6) is 0.382. The molecule has 2 N–H and O–H groups in total. The van der Waals surface area contributed by atoms with Gasteiger partial charge in [-0.25, -0.2) is 0 Å². The predicted octanol–water partition coefficient (Wildman–Crippen LogP) is 3.49. The lowest BCUT2D eigenvalue weighted by Crippen LogP contribution is -2.33. The van der Waals surface area contributed by atoms with E-state index in [1.54, 1.807) is 54.6 Å². The van der Waals surface area contributed by atoms with E-state index in [1.807, 2.05) is 0 Å². The summed E-state index contributed by atoms with van der Waals surface area (Å²) in [5, 5.41) is 12.8. The minimum Gasteiger partial charge on any atom is -0.506 e. The number of ether oxygens (including phenoxy) is 2. The largest absolute Gasteiger partial charge is 0.506 e. The van der Waals surface area contributed by atoms with E-state index in [2.05, 4.69) is 11.9 Å². The van der Waals surface area contributed by atoms with Gasteiger partial charge in [-0.3, -0.25) is 4.79 Å². The summed E-state index contributed by atoms with van der Waals surface area (Å²) in [6.45, 7) is 3.85. The molecule has 1 aliphatic heterocycles. The van der Waals surface area contributed by atoms with E-state index in [0.29, 0.717) is 22.6 Å². The van der Waals surface area contributed by atoms with Crippen LogP contribution < -0.4 is 10.1 Å². The summed E-state index contributed by atoms with van der Waals surface area (Å²) < 4.78 is 11.3. The molecule has 0 aromatic heterocycles. The molecule has 122 valence electrons. The molecule has 0 spiro atoms. The second kappa shape index (κ2) is 7.02. The van der Waals surface area contributed by atoms with Crippen molar-refractivity contribution < 1.29 is 19.4 Å². The Bertz CT molecular complexity index is 797. The van der Waals surface area contributed by atoms with Crippen LogP contribution in [-0.4, -0.2) is 23.8 Å². The van der Waals surface area contributed by atoms with E-state index in [1.165, 1.54) is 6.20 Å². The molecule has 0 aliphatic carbocycles. The Morgan fingerprint density at radius 3 is 2.75 bits per heavy atom. The standard InChI is InChI=1S/C19H17NO4/c1-2-11-23-19-14(12-20-15-8-4-5-9-16(15)21)18(22)13-7-3-6-10-17(13)24-19/h2-10,12,19-21H,1,11H2. The van der Waals surface area contributed by atoms with Crippen molar-refractivity contribution in [3.63, 3.8) is 0 Å². The maximum atomic E-state index is 12.7. The van der Waals surface area contributed by atoms with Crippen LogP contribution >= 0.6 is 0 Å². The molecule has 5 nitrogen and oxygen atoms in total. The SMILES string of the molecule is C=CCOC1Oc2ccccc2C(=O)C1=CNc1ccccc1O.